The first-order chi connectivity index (χ1) is 8.75. The van der Waals surface area contributed by atoms with Gasteiger partial charge in [-0.25, -0.2) is 0 Å². The second-order valence-electron chi connectivity index (χ2n) is 6.19. The Bertz CT molecular complexity index is 255. The Labute approximate surface area is 111 Å². The SMILES string of the molecule is CC(CC(=O)N[C@H]1CCCNC1)C1CCCCC1. The highest BCUT2D eigenvalue weighted by atomic mass is 16.1. The maximum Gasteiger partial charge on any atom is 0.220 e. The lowest BCUT2D eigenvalue weighted by molar-refractivity contribution is -0.123. The molecule has 2 rings (SSSR count). The maximum atomic E-state index is 12.0. The molecule has 0 bridgehead atoms. The molecule has 1 amide bonds. The highest BCUT2D eigenvalue weighted by molar-refractivity contribution is 5.76. The van der Waals surface area contributed by atoms with Gasteiger partial charge in [0.1, 0.15) is 0 Å². The van der Waals surface area contributed by atoms with Crippen molar-refractivity contribution in [2.24, 2.45) is 11.8 Å². The molecule has 1 saturated carbocycles. The number of nitrogens with one attached hydrogen (secondary N) is 2. The van der Waals surface area contributed by atoms with E-state index in [1.54, 1.807) is 0 Å². The normalized spacial score (nSPS) is 27.7. The molecule has 3 nitrogen and oxygen atoms in total. The Hall–Kier alpha value is -0.570. The van der Waals surface area contributed by atoms with Gasteiger partial charge in [-0.15, -0.1) is 0 Å². The number of piperidine rings is 1. The molecular weight excluding hydrogens is 224 g/mol. The quantitative estimate of drug-likeness (QED) is 0.807. The summed E-state index contributed by atoms with van der Waals surface area (Å²) >= 11 is 0. The van der Waals surface area contributed by atoms with Crippen molar-refractivity contribution in [2.45, 2.75) is 64.3 Å². The maximum absolute atomic E-state index is 12.0. The molecule has 2 aliphatic rings. The molecule has 2 fully saturated rings. The van der Waals surface area contributed by atoms with Gasteiger partial charge in [0.2, 0.25) is 5.91 Å². The monoisotopic (exact) mass is 252 g/mol. The van der Waals surface area contributed by atoms with Gasteiger partial charge in [-0.1, -0.05) is 39.0 Å². The third-order valence-electron chi connectivity index (χ3n) is 4.62. The van der Waals surface area contributed by atoms with Crippen LogP contribution in [0.15, 0.2) is 0 Å². The number of hydrogen-bond donors (Lipinski definition) is 2. The number of carbonyl (C=O) groups excluding carboxylic acids is 1. The molecule has 0 radical (unpaired) electrons. The molecule has 1 saturated heterocycles. The predicted octanol–water partition coefficient (Wildman–Crippen LogP) is 2.46. The summed E-state index contributed by atoms with van der Waals surface area (Å²) in [6.45, 7) is 4.31. The fraction of sp³-hybridized carbons (Fsp3) is 0.933. The van der Waals surface area contributed by atoms with E-state index < -0.39 is 0 Å². The van der Waals surface area contributed by atoms with Gasteiger partial charge < -0.3 is 10.6 Å². The molecule has 0 aromatic heterocycles. The van der Waals surface area contributed by atoms with Gasteiger partial charge in [0, 0.05) is 19.0 Å². The highest BCUT2D eigenvalue weighted by Gasteiger charge is 2.23. The zero-order valence-corrected chi connectivity index (χ0v) is 11.7. The molecule has 104 valence electrons. The lowest BCUT2D eigenvalue weighted by Gasteiger charge is -2.28. The van der Waals surface area contributed by atoms with Crippen molar-refractivity contribution in [2.75, 3.05) is 13.1 Å². The Kier molecular flexibility index (Phi) is 5.48. The van der Waals surface area contributed by atoms with Crippen LogP contribution in [0, 0.1) is 11.8 Å². The first-order valence-electron chi connectivity index (χ1n) is 7.76. The number of carbonyl (C=O) groups is 1. The average Bonchev–Trinajstić information content (AvgIpc) is 2.40. The van der Waals surface area contributed by atoms with Crippen molar-refractivity contribution in [3.05, 3.63) is 0 Å². The molecule has 0 aromatic rings. The van der Waals surface area contributed by atoms with Gasteiger partial charge in [0.05, 0.1) is 0 Å². The minimum absolute atomic E-state index is 0.266. The summed E-state index contributed by atoms with van der Waals surface area (Å²) in [5.74, 6) is 1.61. The van der Waals surface area contributed by atoms with Crippen molar-refractivity contribution >= 4 is 5.91 Å². The van der Waals surface area contributed by atoms with Crippen LogP contribution in [0.5, 0.6) is 0 Å². The van der Waals surface area contributed by atoms with E-state index in [-0.39, 0.29) is 5.91 Å². The van der Waals surface area contributed by atoms with Crippen LogP contribution in [0.3, 0.4) is 0 Å². The van der Waals surface area contributed by atoms with Crippen LogP contribution in [0.2, 0.25) is 0 Å². The van der Waals surface area contributed by atoms with E-state index >= 15 is 0 Å². The van der Waals surface area contributed by atoms with Crippen molar-refractivity contribution < 1.29 is 4.79 Å². The Balaban J connectivity index is 1.68. The van der Waals surface area contributed by atoms with Gasteiger partial charge in [-0.05, 0) is 31.2 Å². The van der Waals surface area contributed by atoms with Crippen molar-refractivity contribution in [3.63, 3.8) is 0 Å². The number of rotatable bonds is 4. The highest BCUT2D eigenvalue weighted by Crippen LogP contribution is 2.31. The van der Waals surface area contributed by atoms with Gasteiger partial charge >= 0.3 is 0 Å². The van der Waals surface area contributed by atoms with Gasteiger partial charge in [0.25, 0.3) is 0 Å². The molecule has 0 aromatic carbocycles. The minimum Gasteiger partial charge on any atom is -0.352 e. The molecule has 1 aliphatic carbocycles. The minimum atomic E-state index is 0.266. The van der Waals surface area contributed by atoms with E-state index in [0.717, 1.165) is 31.8 Å². The van der Waals surface area contributed by atoms with Crippen LogP contribution in [0.4, 0.5) is 0 Å². The Morgan fingerprint density at radius 2 is 2.00 bits per heavy atom. The van der Waals surface area contributed by atoms with Gasteiger partial charge in [-0.3, -0.25) is 4.79 Å². The second-order valence-corrected chi connectivity index (χ2v) is 6.19. The van der Waals surface area contributed by atoms with E-state index in [1.807, 2.05) is 0 Å². The second kappa shape index (κ2) is 7.13. The molecule has 1 heterocycles. The summed E-state index contributed by atoms with van der Waals surface area (Å²) in [7, 11) is 0. The largest absolute Gasteiger partial charge is 0.352 e. The van der Waals surface area contributed by atoms with E-state index in [1.165, 1.54) is 38.5 Å². The van der Waals surface area contributed by atoms with Crippen molar-refractivity contribution in [1.29, 1.82) is 0 Å². The average molecular weight is 252 g/mol. The van der Waals surface area contributed by atoms with Crippen LogP contribution in [0.25, 0.3) is 0 Å². The molecule has 18 heavy (non-hydrogen) atoms. The number of amides is 1. The summed E-state index contributed by atoms with van der Waals surface area (Å²) in [5.41, 5.74) is 0. The van der Waals surface area contributed by atoms with Crippen LogP contribution in [-0.2, 0) is 4.79 Å². The predicted molar refractivity (Wildman–Crippen MR) is 74.4 cm³/mol. The lowest BCUT2D eigenvalue weighted by atomic mass is 9.79. The third-order valence-corrected chi connectivity index (χ3v) is 4.62. The summed E-state index contributed by atoms with van der Waals surface area (Å²) in [4.78, 5) is 12.0. The zero-order chi connectivity index (χ0) is 12.8. The summed E-state index contributed by atoms with van der Waals surface area (Å²) < 4.78 is 0. The van der Waals surface area contributed by atoms with Crippen LogP contribution in [-0.4, -0.2) is 25.0 Å². The summed E-state index contributed by atoms with van der Waals surface area (Å²) in [5, 5.41) is 6.53. The first kappa shape index (κ1) is 13.9. The fourth-order valence-corrected chi connectivity index (χ4v) is 3.42. The van der Waals surface area contributed by atoms with E-state index in [0.29, 0.717) is 12.0 Å². The summed E-state index contributed by atoms with van der Waals surface area (Å²) in [6, 6.07) is 0.366. The Morgan fingerprint density at radius 1 is 1.22 bits per heavy atom. The van der Waals surface area contributed by atoms with Crippen molar-refractivity contribution in [1.82, 2.24) is 10.6 Å². The van der Waals surface area contributed by atoms with Crippen molar-refractivity contribution in [3.8, 4) is 0 Å². The molecule has 0 spiro atoms. The third kappa shape index (κ3) is 4.27. The van der Waals surface area contributed by atoms with E-state index in [2.05, 4.69) is 17.6 Å². The zero-order valence-electron chi connectivity index (χ0n) is 11.7. The van der Waals surface area contributed by atoms with E-state index in [9.17, 15) is 4.79 Å². The first-order valence-corrected chi connectivity index (χ1v) is 7.76. The molecule has 2 atom stereocenters. The molecular formula is C15H28N2O. The van der Waals surface area contributed by atoms with E-state index in [4.69, 9.17) is 0 Å². The molecule has 3 heteroatoms. The molecule has 2 N–H and O–H groups in total. The van der Waals surface area contributed by atoms with Gasteiger partial charge in [0.15, 0.2) is 0 Å². The van der Waals surface area contributed by atoms with Crippen LogP contribution >= 0.6 is 0 Å². The van der Waals surface area contributed by atoms with Crippen LogP contribution < -0.4 is 10.6 Å². The summed E-state index contributed by atoms with van der Waals surface area (Å²) in [6.07, 6.45) is 9.83. The standard InChI is InChI=1S/C15H28N2O/c1-12(13-6-3-2-4-7-13)10-15(18)17-14-8-5-9-16-11-14/h12-14,16H,2-11H2,1H3,(H,17,18)/t12?,14-/m0/s1. The molecule has 1 aliphatic heterocycles. The van der Waals surface area contributed by atoms with Gasteiger partial charge in [-0.2, -0.15) is 0 Å². The lowest BCUT2D eigenvalue weighted by Crippen LogP contribution is -2.46. The number of hydrogen-bond acceptors (Lipinski definition) is 2. The Morgan fingerprint density at radius 3 is 2.67 bits per heavy atom. The fourth-order valence-electron chi connectivity index (χ4n) is 3.42. The topological polar surface area (TPSA) is 41.1 Å². The van der Waals surface area contributed by atoms with Crippen LogP contribution in [0.1, 0.15) is 58.3 Å². The smallest absolute Gasteiger partial charge is 0.220 e. The molecule has 1 unspecified atom stereocenters.